The molecular weight excluding hydrogens is 312 g/mol. The van der Waals surface area contributed by atoms with Gasteiger partial charge in [0.25, 0.3) is 10.1 Å². The molecule has 0 aliphatic carbocycles. The van der Waals surface area contributed by atoms with Gasteiger partial charge in [-0.3, -0.25) is 4.18 Å². The molecule has 1 aromatic heterocycles. The first kappa shape index (κ1) is 15.9. The van der Waals surface area contributed by atoms with Gasteiger partial charge < -0.3 is 4.74 Å². The van der Waals surface area contributed by atoms with E-state index in [1.165, 1.54) is 18.4 Å². The predicted octanol–water partition coefficient (Wildman–Crippen LogP) is 2.52. The van der Waals surface area contributed by atoms with Gasteiger partial charge >= 0.3 is 5.97 Å². The fraction of sp³-hybridized carbons (Fsp3) is 0.357. The SMILES string of the molecule is COC(=O)c1c(C)sc2cc(CCOS(C)(=O)=O)ccc12. The lowest BCUT2D eigenvalue weighted by Crippen LogP contribution is -2.06. The number of benzene rings is 1. The summed E-state index contributed by atoms with van der Waals surface area (Å²) in [6, 6.07) is 5.68. The highest BCUT2D eigenvalue weighted by molar-refractivity contribution is 7.85. The second-order valence-corrected chi connectivity index (χ2v) is 7.53. The molecule has 0 unspecified atom stereocenters. The molecule has 0 saturated heterocycles. The van der Waals surface area contributed by atoms with Crippen molar-refractivity contribution in [3.63, 3.8) is 0 Å². The molecule has 0 aliphatic rings. The minimum Gasteiger partial charge on any atom is -0.465 e. The first-order valence-electron chi connectivity index (χ1n) is 6.26. The number of ether oxygens (including phenoxy) is 1. The number of fused-ring (bicyclic) bond motifs is 1. The third-order valence-electron chi connectivity index (χ3n) is 3.01. The number of carbonyl (C=O) groups is 1. The van der Waals surface area contributed by atoms with E-state index in [1.54, 1.807) is 0 Å². The van der Waals surface area contributed by atoms with Crippen LogP contribution in [0.25, 0.3) is 10.1 Å². The van der Waals surface area contributed by atoms with Crippen LogP contribution >= 0.6 is 11.3 Å². The summed E-state index contributed by atoms with van der Waals surface area (Å²) in [4.78, 5) is 12.7. The minimum atomic E-state index is -3.41. The first-order valence-corrected chi connectivity index (χ1v) is 8.90. The second kappa shape index (κ2) is 6.13. The molecule has 0 amide bonds. The number of rotatable bonds is 5. The monoisotopic (exact) mass is 328 g/mol. The molecule has 0 bridgehead atoms. The van der Waals surface area contributed by atoms with Crippen molar-refractivity contribution in [1.29, 1.82) is 0 Å². The van der Waals surface area contributed by atoms with Crippen LogP contribution in [0.15, 0.2) is 18.2 Å². The lowest BCUT2D eigenvalue weighted by molar-refractivity contribution is 0.0603. The Morgan fingerprint density at radius 3 is 2.67 bits per heavy atom. The smallest absolute Gasteiger partial charge is 0.339 e. The van der Waals surface area contributed by atoms with Crippen molar-refractivity contribution in [3.8, 4) is 0 Å². The fourth-order valence-electron chi connectivity index (χ4n) is 2.09. The van der Waals surface area contributed by atoms with E-state index in [4.69, 9.17) is 8.92 Å². The number of esters is 1. The highest BCUT2D eigenvalue weighted by atomic mass is 32.2. The molecule has 21 heavy (non-hydrogen) atoms. The van der Waals surface area contributed by atoms with Crippen molar-refractivity contribution >= 4 is 37.5 Å². The van der Waals surface area contributed by atoms with Crippen molar-refractivity contribution in [2.24, 2.45) is 0 Å². The van der Waals surface area contributed by atoms with Crippen LogP contribution in [-0.4, -0.2) is 34.4 Å². The molecule has 7 heteroatoms. The van der Waals surface area contributed by atoms with Gasteiger partial charge in [-0.25, -0.2) is 4.79 Å². The summed E-state index contributed by atoms with van der Waals surface area (Å²) in [5.74, 6) is -0.341. The van der Waals surface area contributed by atoms with E-state index in [-0.39, 0.29) is 12.6 Å². The molecule has 0 spiro atoms. The Kier molecular flexibility index (Phi) is 4.65. The third kappa shape index (κ3) is 3.81. The Morgan fingerprint density at radius 1 is 1.33 bits per heavy atom. The summed E-state index contributed by atoms with van der Waals surface area (Å²) in [6.45, 7) is 1.99. The van der Waals surface area contributed by atoms with E-state index < -0.39 is 10.1 Å². The van der Waals surface area contributed by atoms with Gasteiger partial charge in [-0.1, -0.05) is 12.1 Å². The maximum Gasteiger partial charge on any atom is 0.339 e. The van der Waals surface area contributed by atoms with Crippen molar-refractivity contribution in [2.45, 2.75) is 13.3 Å². The van der Waals surface area contributed by atoms with E-state index in [2.05, 4.69) is 0 Å². The Morgan fingerprint density at radius 2 is 2.05 bits per heavy atom. The minimum absolute atomic E-state index is 0.110. The number of carbonyl (C=O) groups excluding carboxylic acids is 1. The molecular formula is C14H16O5S2. The van der Waals surface area contributed by atoms with Crippen molar-refractivity contribution in [2.75, 3.05) is 20.0 Å². The third-order valence-corrected chi connectivity index (χ3v) is 4.67. The van der Waals surface area contributed by atoms with E-state index in [9.17, 15) is 13.2 Å². The summed E-state index contributed by atoms with van der Waals surface area (Å²) in [7, 11) is -2.05. The average Bonchev–Trinajstić information content (AvgIpc) is 2.71. The van der Waals surface area contributed by atoms with Gasteiger partial charge in [0.1, 0.15) is 0 Å². The van der Waals surface area contributed by atoms with Crippen LogP contribution in [0.3, 0.4) is 0 Å². The topological polar surface area (TPSA) is 69.7 Å². The molecule has 1 heterocycles. The Balaban J connectivity index is 2.25. The summed E-state index contributed by atoms with van der Waals surface area (Å²) >= 11 is 1.52. The number of methoxy groups -OCH3 is 1. The van der Waals surface area contributed by atoms with E-state index in [1.807, 2.05) is 25.1 Å². The number of hydrogen-bond acceptors (Lipinski definition) is 6. The van der Waals surface area contributed by atoms with Gasteiger partial charge in [0.15, 0.2) is 0 Å². The normalized spacial score (nSPS) is 11.8. The van der Waals surface area contributed by atoms with Crippen LogP contribution in [0.5, 0.6) is 0 Å². The predicted molar refractivity (Wildman–Crippen MR) is 82.4 cm³/mol. The fourth-order valence-corrected chi connectivity index (χ4v) is 3.59. The maximum atomic E-state index is 11.8. The zero-order valence-electron chi connectivity index (χ0n) is 12.0. The van der Waals surface area contributed by atoms with Gasteiger partial charge in [0.2, 0.25) is 0 Å². The lowest BCUT2D eigenvalue weighted by atomic mass is 10.1. The van der Waals surface area contributed by atoms with Gasteiger partial charge in [0, 0.05) is 15.0 Å². The summed E-state index contributed by atoms with van der Waals surface area (Å²) < 4.78 is 32.3. The number of aryl methyl sites for hydroxylation is 1. The number of hydrogen-bond donors (Lipinski definition) is 0. The van der Waals surface area contributed by atoms with Crippen LogP contribution in [-0.2, 0) is 25.5 Å². The highest BCUT2D eigenvalue weighted by Gasteiger charge is 2.17. The average molecular weight is 328 g/mol. The molecule has 5 nitrogen and oxygen atoms in total. The molecule has 0 radical (unpaired) electrons. The molecule has 2 rings (SSSR count). The summed E-state index contributed by atoms with van der Waals surface area (Å²) in [5.41, 5.74) is 1.56. The van der Waals surface area contributed by atoms with Crippen molar-refractivity contribution < 1.29 is 22.1 Å². The van der Waals surface area contributed by atoms with E-state index in [0.29, 0.717) is 12.0 Å². The molecule has 0 fully saturated rings. The van der Waals surface area contributed by atoms with Crippen molar-refractivity contribution in [1.82, 2.24) is 0 Å². The maximum absolute atomic E-state index is 11.8. The zero-order chi connectivity index (χ0) is 15.6. The molecule has 0 atom stereocenters. The van der Waals surface area contributed by atoms with Crippen LogP contribution in [0, 0.1) is 6.92 Å². The van der Waals surface area contributed by atoms with Crippen LogP contribution in [0.1, 0.15) is 20.8 Å². The van der Waals surface area contributed by atoms with Crippen LogP contribution in [0.4, 0.5) is 0 Å². The highest BCUT2D eigenvalue weighted by Crippen LogP contribution is 2.32. The Labute approximate surface area is 127 Å². The first-order chi connectivity index (χ1) is 9.81. The Bertz CT molecular complexity index is 774. The number of thiophene rings is 1. The van der Waals surface area contributed by atoms with Crippen LogP contribution < -0.4 is 0 Å². The standard InChI is InChI=1S/C14H16O5S2/c1-9-13(14(15)18-2)11-5-4-10(8-12(11)20-9)6-7-19-21(3,16)17/h4-5,8H,6-7H2,1-3H3. The molecule has 114 valence electrons. The van der Waals surface area contributed by atoms with Crippen molar-refractivity contribution in [3.05, 3.63) is 34.2 Å². The van der Waals surface area contributed by atoms with E-state index >= 15 is 0 Å². The zero-order valence-corrected chi connectivity index (χ0v) is 13.6. The van der Waals surface area contributed by atoms with Gasteiger partial charge in [-0.15, -0.1) is 11.3 Å². The van der Waals surface area contributed by atoms with Crippen LogP contribution in [0.2, 0.25) is 0 Å². The molecule has 1 aromatic carbocycles. The van der Waals surface area contributed by atoms with Gasteiger partial charge in [-0.2, -0.15) is 8.42 Å². The summed E-state index contributed by atoms with van der Waals surface area (Å²) in [5, 5.41) is 0.858. The Hall–Kier alpha value is -1.44. The van der Waals surface area contributed by atoms with Gasteiger partial charge in [0.05, 0.1) is 25.5 Å². The largest absolute Gasteiger partial charge is 0.465 e. The summed E-state index contributed by atoms with van der Waals surface area (Å²) in [6.07, 6.45) is 1.52. The molecule has 2 aromatic rings. The molecule has 0 N–H and O–H groups in total. The lowest BCUT2D eigenvalue weighted by Gasteiger charge is -2.03. The van der Waals surface area contributed by atoms with E-state index in [0.717, 1.165) is 26.8 Å². The molecule has 0 aliphatic heterocycles. The quantitative estimate of drug-likeness (QED) is 0.623. The van der Waals surface area contributed by atoms with Gasteiger partial charge in [-0.05, 0) is 25.0 Å². The second-order valence-electron chi connectivity index (χ2n) is 4.63. The molecule has 0 saturated carbocycles.